The normalized spacial score (nSPS) is 15.5. The molecule has 1 fully saturated rings. The van der Waals surface area contributed by atoms with Gasteiger partial charge in [-0.25, -0.2) is 28.5 Å². The van der Waals surface area contributed by atoms with Gasteiger partial charge >= 0.3 is 6.09 Å². The van der Waals surface area contributed by atoms with E-state index in [4.69, 9.17) is 15.2 Å². The van der Waals surface area contributed by atoms with Crippen molar-refractivity contribution in [3.8, 4) is 16.9 Å². The standard InChI is InChI=1S/C23H28F2N8O3/c1-23(2,3)36-22(34)33-6-5-14(33)12-32-11-13(9-28-32)15-10-27-18(7-16(15)35-4)30-19-8-17(26)29-21(31-19)20(24)25/h7-11,14,20H,5-6,12H2,1-4H3,(H3,26,27,29,30,31)/t14-/m1/s1. The maximum absolute atomic E-state index is 13.0. The van der Waals surface area contributed by atoms with Crippen molar-refractivity contribution in [2.24, 2.45) is 0 Å². The number of carbonyl (C=O) groups is 1. The van der Waals surface area contributed by atoms with E-state index in [1.54, 1.807) is 28.0 Å². The van der Waals surface area contributed by atoms with Crippen LogP contribution in [-0.2, 0) is 11.3 Å². The Labute approximate surface area is 206 Å². The lowest BCUT2D eigenvalue weighted by atomic mass is 10.0. The van der Waals surface area contributed by atoms with E-state index < -0.39 is 17.9 Å². The van der Waals surface area contributed by atoms with Gasteiger partial charge in [-0.2, -0.15) is 5.10 Å². The number of aromatic nitrogens is 5. The minimum Gasteiger partial charge on any atom is -0.496 e. The zero-order valence-electron chi connectivity index (χ0n) is 20.4. The van der Waals surface area contributed by atoms with E-state index in [1.807, 2.05) is 27.0 Å². The molecule has 3 N–H and O–H groups in total. The Morgan fingerprint density at radius 1 is 1.25 bits per heavy atom. The lowest BCUT2D eigenvalue weighted by molar-refractivity contribution is -0.00884. The fourth-order valence-electron chi connectivity index (χ4n) is 3.68. The molecule has 4 heterocycles. The van der Waals surface area contributed by atoms with Gasteiger partial charge in [0, 0.05) is 42.2 Å². The third kappa shape index (κ3) is 5.78. The molecule has 1 aliphatic heterocycles. The number of hydrogen-bond acceptors (Lipinski definition) is 9. The van der Waals surface area contributed by atoms with Gasteiger partial charge in [0.15, 0.2) is 5.82 Å². The molecule has 3 aromatic rings. The number of amides is 1. The number of likely N-dealkylation sites (tertiary alicyclic amines) is 1. The Morgan fingerprint density at radius 3 is 2.67 bits per heavy atom. The molecule has 4 rings (SSSR count). The predicted octanol–water partition coefficient (Wildman–Crippen LogP) is 4.02. The van der Waals surface area contributed by atoms with Gasteiger partial charge in [0.25, 0.3) is 6.43 Å². The fraction of sp³-hybridized carbons (Fsp3) is 0.435. The summed E-state index contributed by atoms with van der Waals surface area (Å²) in [5.74, 6) is 0.134. The van der Waals surface area contributed by atoms with Gasteiger partial charge in [0.1, 0.15) is 28.8 Å². The number of rotatable bonds is 7. The fourth-order valence-corrected chi connectivity index (χ4v) is 3.68. The summed E-state index contributed by atoms with van der Waals surface area (Å²) in [5, 5.41) is 7.27. The number of alkyl halides is 2. The SMILES string of the molecule is COc1cc(Nc2cc(N)nc(C(F)F)n2)ncc1-c1cnn(C[C@H]2CCN2C(=O)OC(C)(C)C)c1. The number of methoxy groups -OCH3 is 1. The molecule has 0 aromatic carbocycles. The molecule has 0 unspecified atom stereocenters. The Kier molecular flexibility index (Phi) is 6.91. The first-order valence-corrected chi connectivity index (χ1v) is 11.3. The zero-order valence-corrected chi connectivity index (χ0v) is 20.4. The Bertz CT molecular complexity index is 1240. The number of halogens is 2. The molecule has 13 heteroatoms. The Morgan fingerprint density at radius 2 is 2.03 bits per heavy atom. The molecule has 1 atom stereocenters. The van der Waals surface area contributed by atoms with Crippen molar-refractivity contribution in [2.75, 3.05) is 24.7 Å². The van der Waals surface area contributed by atoms with Crippen LogP contribution in [0.5, 0.6) is 5.75 Å². The van der Waals surface area contributed by atoms with E-state index in [1.165, 1.54) is 13.2 Å². The Balaban J connectivity index is 1.47. The number of anilines is 3. The summed E-state index contributed by atoms with van der Waals surface area (Å²) in [4.78, 5) is 25.7. The van der Waals surface area contributed by atoms with Gasteiger partial charge in [-0.3, -0.25) is 4.68 Å². The second kappa shape index (κ2) is 9.91. The van der Waals surface area contributed by atoms with Crippen LogP contribution in [0.25, 0.3) is 11.1 Å². The highest BCUT2D eigenvalue weighted by Crippen LogP contribution is 2.32. The van der Waals surface area contributed by atoms with Crippen LogP contribution in [0.15, 0.2) is 30.7 Å². The lowest BCUT2D eigenvalue weighted by Crippen LogP contribution is -2.54. The quantitative estimate of drug-likeness (QED) is 0.491. The summed E-state index contributed by atoms with van der Waals surface area (Å²) in [7, 11) is 1.51. The molecule has 0 radical (unpaired) electrons. The van der Waals surface area contributed by atoms with E-state index in [0.29, 0.717) is 30.2 Å². The zero-order chi connectivity index (χ0) is 26.0. The molecule has 36 heavy (non-hydrogen) atoms. The van der Waals surface area contributed by atoms with Crippen molar-refractivity contribution in [1.82, 2.24) is 29.6 Å². The summed E-state index contributed by atoms with van der Waals surface area (Å²) in [5.41, 5.74) is 6.50. The van der Waals surface area contributed by atoms with Gasteiger partial charge < -0.3 is 25.4 Å². The molecule has 11 nitrogen and oxygen atoms in total. The number of nitrogens with two attached hydrogens (primary N) is 1. The predicted molar refractivity (Wildman–Crippen MR) is 128 cm³/mol. The highest BCUT2D eigenvalue weighted by atomic mass is 19.3. The maximum Gasteiger partial charge on any atom is 0.410 e. The van der Waals surface area contributed by atoms with Crippen LogP contribution in [-0.4, -0.2) is 61.0 Å². The minimum atomic E-state index is -2.85. The molecule has 0 bridgehead atoms. The molecular formula is C23H28F2N8O3. The molecule has 192 valence electrons. The second-order valence-corrected chi connectivity index (χ2v) is 9.30. The van der Waals surface area contributed by atoms with E-state index in [9.17, 15) is 13.6 Å². The molecule has 0 saturated carbocycles. The number of nitrogens with zero attached hydrogens (tertiary/aromatic N) is 6. The van der Waals surface area contributed by atoms with Gasteiger partial charge in [-0.1, -0.05) is 0 Å². The van der Waals surface area contributed by atoms with Crippen LogP contribution in [0.3, 0.4) is 0 Å². The number of hydrogen-bond donors (Lipinski definition) is 2. The third-order valence-corrected chi connectivity index (χ3v) is 5.41. The lowest BCUT2D eigenvalue weighted by Gasteiger charge is -2.41. The third-order valence-electron chi connectivity index (χ3n) is 5.41. The van der Waals surface area contributed by atoms with Crippen molar-refractivity contribution in [2.45, 2.75) is 51.8 Å². The van der Waals surface area contributed by atoms with Gasteiger partial charge in [-0.05, 0) is 27.2 Å². The molecule has 1 saturated heterocycles. The first-order chi connectivity index (χ1) is 17.0. The molecule has 0 spiro atoms. The topological polar surface area (TPSA) is 133 Å². The van der Waals surface area contributed by atoms with Crippen LogP contribution >= 0.6 is 0 Å². The van der Waals surface area contributed by atoms with Crippen molar-refractivity contribution >= 4 is 23.5 Å². The summed E-state index contributed by atoms with van der Waals surface area (Å²) < 4.78 is 38.7. The Hall–Kier alpha value is -4.03. The van der Waals surface area contributed by atoms with Crippen molar-refractivity contribution < 1.29 is 23.0 Å². The van der Waals surface area contributed by atoms with Gasteiger partial charge in [0.05, 0.1) is 25.9 Å². The maximum atomic E-state index is 13.0. The highest BCUT2D eigenvalue weighted by Gasteiger charge is 2.35. The van der Waals surface area contributed by atoms with E-state index >= 15 is 0 Å². The van der Waals surface area contributed by atoms with Crippen LogP contribution in [0, 0.1) is 0 Å². The van der Waals surface area contributed by atoms with Crippen LogP contribution < -0.4 is 15.8 Å². The molecule has 1 aliphatic rings. The number of carbonyl (C=O) groups excluding carboxylic acids is 1. The minimum absolute atomic E-state index is 0.00220. The molecule has 1 amide bonds. The number of nitrogens with one attached hydrogen (secondary N) is 1. The van der Waals surface area contributed by atoms with E-state index in [0.717, 1.165) is 12.0 Å². The average Bonchev–Trinajstić information content (AvgIpc) is 3.23. The summed E-state index contributed by atoms with van der Waals surface area (Å²) in [6.45, 7) is 6.69. The molecule has 3 aromatic heterocycles. The first-order valence-electron chi connectivity index (χ1n) is 11.3. The monoisotopic (exact) mass is 502 g/mol. The van der Waals surface area contributed by atoms with Crippen molar-refractivity contribution in [1.29, 1.82) is 0 Å². The molecular weight excluding hydrogens is 474 g/mol. The summed E-state index contributed by atoms with van der Waals surface area (Å²) >= 11 is 0. The van der Waals surface area contributed by atoms with Crippen molar-refractivity contribution in [3.63, 3.8) is 0 Å². The van der Waals surface area contributed by atoms with Crippen molar-refractivity contribution in [3.05, 3.63) is 36.5 Å². The number of pyridine rings is 1. The summed E-state index contributed by atoms with van der Waals surface area (Å²) in [6.07, 6.45) is 2.79. The average molecular weight is 503 g/mol. The van der Waals surface area contributed by atoms with E-state index in [2.05, 4.69) is 25.4 Å². The summed E-state index contributed by atoms with van der Waals surface area (Å²) in [6, 6.07) is 2.94. The number of nitrogen functional groups attached to an aromatic ring is 1. The van der Waals surface area contributed by atoms with Crippen LogP contribution in [0.2, 0.25) is 0 Å². The highest BCUT2D eigenvalue weighted by molar-refractivity contribution is 5.71. The second-order valence-electron chi connectivity index (χ2n) is 9.30. The van der Waals surface area contributed by atoms with Gasteiger partial charge in [-0.15, -0.1) is 0 Å². The van der Waals surface area contributed by atoms with Crippen LogP contribution in [0.4, 0.5) is 31.0 Å². The first kappa shape index (κ1) is 25.1. The van der Waals surface area contributed by atoms with E-state index in [-0.39, 0.29) is 23.8 Å². The van der Waals surface area contributed by atoms with Gasteiger partial charge in [0.2, 0.25) is 0 Å². The number of ether oxygens (including phenoxy) is 2. The van der Waals surface area contributed by atoms with Crippen LogP contribution in [0.1, 0.15) is 39.4 Å². The largest absolute Gasteiger partial charge is 0.496 e. The molecule has 0 aliphatic carbocycles. The smallest absolute Gasteiger partial charge is 0.410 e.